The molecule has 0 radical (unpaired) electrons. The molecule has 1 aliphatic heterocycles. The van der Waals surface area contributed by atoms with Gasteiger partial charge in [0, 0.05) is 13.1 Å². The third-order valence-electron chi connectivity index (χ3n) is 3.44. The SMILES string of the molecule is COC(=O)c1cc(C#N)c(N2C[C@@H](C)O[C@@H](C)C2)nc1C. The lowest BCUT2D eigenvalue weighted by molar-refractivity contribution is -0.00549. The van der Waals surface area contributed by atoms with Crippen molar-refractivity contribution in [3.8, 4) is 6.07 Å². The minimum absolute atomic E-state index is 0.0719. The first kappa shape index (κ1) is 15.3. The zero-order valence-corrected chi connectivity index (χ0v) is 12.7. The Labute approximate surface area is 124 Å². The van der Waals surface area contributed by atoms with Crippen molar-refractivity contribution in [1.82, 2.24) is 4.98 Å². The van der Waals surface area contributed by atoms with Crippen molar-refractivity contribution in [2.45, 2.75) is 33.0 Å². The number of morpholine rings is 1. The maximum absolute atomic E-state index is 11.7. The first-order chi connectivity index (χ1) is 9.96. The van der Waals surface area contributed by atoms with Gasteiger partial charge in [-0.15, -0.1) is 0 Å². The van der Waals surface area contributed by atoms with Crippen LogP contribution in [0, 0.1) is 18.3 Å². The van der Waals surface area contributed by atoms with E-state index in [9.17, 15) is 10.1 Å². The predicted molar refractivity (Wildman–Crippen MR) is 77.3 cm³/mol. The number of nitrogens with zero attached hydrogens (tertiary/aromatic N) is 3. The lowest BCUT2D eigenvalue weighted by Crippen LogP contribution is -2.46. The Morgan fingerprint density at radius 3 is 2.62 bits per heavy atom. The Morgan fingerprint density at radius 1 is 1.48 bits per heavy atom. The molecule has 1 aromatic rings. The molecule has 0 amide bonds. The number of esters is 1. The lowest BCUT2D eigenvalue weighted by atomic mass is 10.1. The van der Waals surface area contributed by atoms with Crippen molar-refractivity contribution in [2.75, 3.05) is 25.1 Å². The van der Waals surface area contributed by atoms with E-state index >= 15 is 0 Å². The zero-order valence-electron chi connectivity index (χ0n) is 12.7. The number of aromatic nitrogens is 1. The van der Waals surface area contributed by atoms with Crippen LogP contribution in [0.15, 0.2) is 6.07 Å². The van der Waals surface area contributed by atoms with Crippen LogP contribution in [0.3, 0.4) is 0 Å². The van der Waals surface area contributed by atoms with Crippen LogP contribution >= 0.6 is 0 Å². The second-order valence-electron chi connectivity index (χ2n) is 5.26. The molecule has 1 aromatic heterocycles. The highest BCUT2D eigenvalue weighted by atomic mass is 16.5. The highest BCUT2D eigenvalue weighted by Gasteiger charge is 2.26. The molecule has 0 aliphatic carbocycles. The number of methoxy groups -OCH3 is 1. The van der Waals surface area contributed by atoms with Crippen molar-refractivity contribution >= 4 is 11.8 Å². The summed E-state index contributed by atoms with van der Waals surface area (Å²) in [5.41, 5.74) is 1.26. The van der Waals surface area contributed by atoms with E-state index in [-0.39, 0.29) is 12.2 Å². The Hall–Kier alpha value is -2.13. The normalized spacial score (nSPS) is 21.8. The first-order valence-electron chi connectivity index (χ1n) is 6.86. The van der Waals surface area contributed by atoms with Crippen LogP contribution in [0.4, 0.5) is 5.82 Å². The summed E-state index contributed by atoms with van der Waals surface area (Å²) in [7, 11) is 1.31. The number of rotatable bonds is 2. The summed E-state index contributed by atoms with van der Waals surface area (Å²) in [5.74, 6) is 0.122. The molecule has 2 heterocycles. The first-order valence-corrected chi connectivity index (χ1v) is 6.86. The van der Waals surface area contributed by atoms with E-state index in [2.05, 4.69) is 11.1 Å². The van der Waals surface area contributed by atoms with Gasteiger partial charge in [-0.05, 0) is 26.8 Å². The summed E-state index contributed by atoms with van der Waals surface area (Å²) < 4.78 is 10.4. The van der Waals surface area contributed by atoms with E-state index in [1.54, 1.807) is 13.0 Å². The average Bonchev–Trinajstić information content (AvgIpc) is 2.45. The summed E-state index contributed by atoms with van der Waals surface area (Å²) in [5, 5.41) is 9.35. The Bertz CT molecular complexity index is 585. The average molecular weight is 289 g/mol. The fourth-order valence-corrected chi connectivity index (χ4v) is 2.58. The number of ether oxygens (including phenoxy) is 2. The molecule has 0 aromatic carbocycles. The Morgan fingerprint density at radius 2 is 2.10 bits per heavy atom. The summed E-state index contributed by atoms with van der Waals surface area (Å²) >= 11 is 0. The molecule has 6 nitrogen and oxygen atoms in total. The minimum Gasteiger partial charge on any atom is -0.465 e. The Balaban J connectivity index is 2.42. The number of hydrogen-bond donors (Lipinski definition) is 0. The monoisotopic (exact) mass is 289 g/mol. The largest absolute Gasteiger partial charge is 0.465 e. The summed E-state index contributed by atoms with van der Waals surface area (Å²) in [6.07, 6.45) is 0.144. The van der Waals surface area contributed by atoms with Crippen LogP contribution in [-0.4, -0.2) is 43.4 Å². The number of hydrogen-bond acceptors (Lipinski definition) is 6. The van der Waals surface area contributed by atoms with Crippen molar-refractivity contribution in [1.29, 1.82) is 5.26 Å². The summed E-state index contributed by atoms with van der Waals surface area (Å²) in [6.45, 7) is 7.06. The van der Waals surface area contributed by atoms with E-state index < -0.39 is 5.97 Å². The van der Waals surface area contributed by atoms with Gasteiger partial charge in [0.25, 0.3) is 0 Å². The molecule has 21 heavy (non-hydrogen) atoms. The number of anilines is 1. The van der Waals surface area contributed by atoms with Gasteiger partial charge in [-0.25, -0.2) is 9.78 Å². The van der Waals surface area contributed by atoms with Gasteiger partial charge in [0.2, 0.25) is 0 Å². The molecule has 112 valence electrons. The third kappa shape index (κ3) is 3.14. The second kappa shape index (κ2) is 6.10. The predicted octanol–water partition coefficient (Wildman–Crippen LogP) is 1.66. The quantitative estimate of drug-likeness (QED) is 0.771. The molecular formula is C15H19N3O3. The number of pyridine rings is 1. The standard InChI is InChI=1S/C15H19N3O3/c1-9-7-18(8-10(2)21-9)14-12(6-16)5-13(11(3)17-14)15(19)20-4/h5,9-10H,7-8H2,1-4H3/t9-,10+. The van der Waals surface area contributed by atoms with Crippen LogP contribution < -0.4 is 4.90 Å². The van der Waals surface area contributed by atoms with Crippen LogP contribution in [0.2, 0.25) is 0 Å². The van der Waals surface area contributed by atoms with Crippen LogP contribution in [0.1, 0.15) is 35.5 Å². The van der Waals surface area contributed by atoms with Gasteiger partial charge in [0.1, 0.15) is 11.9 Å². The van der Waals surface area contributed by atoms with Crippen LogP contribution in [0.5, 0.6) is 0 Å². The summed E-state index contributed by atoms with van der Waals surface area (Å²) in [4.78, 5) is 18.2. The fraction of sp³-hybridized carbons (Fsp3) is 0.533. The molecule has 2 atom stereocenters. The molecule has 1 fully saturated rings. The van der Waals surface area contributed by atoms with E-state index in [0.717, 1.165) is 0 Å². The minimum atomic E-state index is -0.480. The fourth-order valence-electron chi connectivity index (χ4n) is 2.58. The van der Waals surface area contributed by atoms with Gasteiger partial charge in [-0.3, -0.25) is 0 Å². The van der Waals surface area contributed by atoms with Crippen molar-refractivity contribution in [3.05, 3.63) is 22.9 Å². The van der Waals surface area contributed by atoms with Crippen LogP contribution in [-0.2, 0) is 9.47 Å². The molecule has 1 aliphatic rings. The lowest BCUT2D eigenvalue weighted by Gasteiger charge is -2.36. The Kier molecular flexibility index (Phi) is 4.43. The van der Waals surface area contributed by atoms with E-state index in [0.29, 0.717) is 35.7 Å². The number of carbonyl (C=O) groups excluding carboxylic acids is 1. The van der Waals surface area contributed by atoms with E-state index in [4.69, 9.17) is 9.47 Å². The highest BCUT2D eigenvalue weighted by Crippen LogP contribution is 2.24. The van der Waals surface area contributed by atoms with Crippen LogP contribution in [0.25, 0.3) is 0 Å². The maximum atomic E-state index is 11.7. The maximum Gasteiger partial charge on any atom is 0.339 e. The van der Waals surface area contributed by atoms with Gasteiger partial charge in [-0.1, -0.05) is 0 Å². The van der Waals surface area contributed by atoms with Gasteiger partial charge in [-0.2, -0.15) is 5.26 Å². The van der Waals surface area contributed by atoms with Crippen molar-refractivity contribution < 1.29 is 14.3 Å². The summed E-state index contributed by atoms with van der Waals surface area (Å²) in [6, 6.07) is 3.67. The van der Waals surface area contributed by atoms with Crippen molar-refractivity contribution in [2.24, 2.45) is 0 Å². The molecular weight excluding hydrogens is 270 g/mol. The molecule has 0 saturated carbocycles. The zero-order chi connectivity index (χ0) is 15.6. The molecule has 0 unspecified atom stereocenters. The smallest absolute Gasteiger partial charge is 0.339 e. The molecule has 2 rings (SSSR count). The van der Waals surface area contributed by atoms with Gasteiger partial charge >= 0.3 is 5.97 Å². The number of aryl methyl sites for hydroxylation is 1. The second-order valence-corrected chi connectivity index (χ2v) is 5.26. The number of nitriles is 1. The topological polar surface area (TPSA) is 75.5 Å². The molecule has 0 bridgehead atoms. The molecule has 0 N–H and O–H groups in total. The molecule has 0 spiro atoms. The number of carbonyl (C=O) groups is 1. The van der Waals surface area contributed by atoms with Gasteiger partial charge in [0.15, 0.2) is 0 Å². The molecule has 1 saturated heterocycles. The van der Waals surface area contributed by atoms with E-state index in [1.165, 1.54) is 7.11 Å². The molecule has 6 heteroatoms. The van der Waals surface area contributed by atoms with Gasteiger partial charge < -0.3 is 14.4 Å². The van der Waals surface area contributed by atoms with Crippen molar-refractivity contribution in [3.63, 3.8) is 0 Å². The van der Waals surface area contributed by atoms with Gasteiger partial charge in [0.05, 0.1) is 36.1 Å². The third-order valence-corrected chi connectivity index (χ3v) is 3.44. The highest BCUT2D eigenvalue weighted by molar-refractivity contribution is 5.91. The van der Waals surface area contributed by atoms with E-state index in [1.807, 2.05) is 18.7 Å².